The monoisotopic (exact) mass is 364 g/mol. The number of methoxy groups -OCH3 is 1. The molecule has 0 saturated carbocycles. The first-order chi connectivity index (χ1) is 13.1. The molecule has 0 amide bonds. The van der Waals surface area contributed by atoms with E-state index in [4.69, 9.17) is 9.47 Å². The predicted octanol–water partition coefficient (Wildman–Crippen LogP) is 3.04. The molecule has 0 saturated heterocycles. The normalized spacial score (nSPS) is 11.3. The van der Waals surface area contributed by atoms with E-state index in [9.17, 15) is 4.79 Å². The SMILES string of the molecule is COc1cccc(/C=C(\C(=O)OCc2ccccc2C)n2nnnc2C)c1. The third kappa shape index (κ3) is 4.38. The Morgan fingerprint density at radius 1 is 1.15 bits per heavy atom. The van der Waals surface area contributed by atoms with Crippen LogP contribution in [0.2, 0.25) is 0 Å². The molecule has 2 aromatic carbocycles. The minimum atomic E-state index is -0.517. The first kappa shape index (κ1) is 18.3. The van der Waals surface area contributed by atoms with Gasteiger partial charge in [-0.25, -0.2) is 4.79 Å². The quantitative estimate of drug-likeness (QED) is 0.494. The lowest BCUT2D eigenvalue weighted by atomic mass is 10.1. The van der Waals surface area contributed by atoms with Gasteiger partial charge in [0.1, 0.15) is 12.4 Å². The number of rotatable bonds is 6. The molecule has 0 atom stereocenters. The first-order valence-electron chi connectivity index (χ1n) is 8.41. The zero-order valence-electron chi connectivity index (χ0n) is 15.4. The number of benzene rings is 2. The van der Waals surface area contributed by atoms with Crippen LogP contribution in [0.25, 0.3) is 11.8 Å². The van der Waals surface area contributed by atoms with Crippen LogP contribution in [0, 0.1) is 13.8 Å². The summed E-state index contributed by atoms with van der Waals surface area (Å²) in [5.74, 6) is 0.651. The van der Waals surface area contributed by atoms with Gasteiger partial charge in [-0.3, -0.25) is 0 Å². The van der Waals surface area contributed by atoms with E-state index in [1.165, 1.54) is 4.68 Å². The number of nitrogens with zero attached hydrogens (tertiary/aromatic N) is 4. The summed E-state index contributed by atoms with van der Waals surface area (Å²) in [6.07, 6.45) is 1.67. The van der Waals surface area contributed by atoms with E-state index in [-0.39, 0.29) is 12.3 Å². The third-order valence-corrected chi connectivity index (χ3v) is 4.08. The molecular weight excluding hydrogens is 344 g/mol. The van der Waals surface area contributed by atoms with E-state index in [0.29, 0.717) is 11.6 Å². The van der Waals surface area contributed by atoms with Crippen LogP contribution in [0.3, 0.4) is 0 Å². The van der Waals surface area contributed by atoms with Crippen molar-refractivity contribution in [2.24, 2.45) is 0 Å². The molecule has 3 aromatic rings. The van der Waals surface area contributed by atoms with Gasteiger partial charge in [-0.1, -0.05) is 36.4 Å². The number of hydrogen-bond donors (Lipinski definition) is 0. The maximum Gasteiger partial charge on any atom is 0.357 e. The van der Waals surface area contributed by atoms with Gasteiger partial charge < -0.3 is 9.47 Å². The molecule has 7 heteroatoms. The van der Waals surface area contributed by atoms with E-state index in [0.717, 1.165) is 16.7 Å². The van der Waals surface area contributed by atoms with Gasteiger partial charge in [-0.15, -0.1) is 5.10 Å². The predicted molar refractivity (Wildman–Crippen MR) is 101 cm³/mol. The fourth-order valence-electron chi connectivity index (χ4n) is 2.54. The Bertz CT molecular complexity index is 979. The van der Waals surface area contributed by atoms with Gasteiger partial charge in [0, 0.05) is 0 Å². The number of aryl methyl sites for hydroxylation is 2. The summed E-state index contributed by atoms with van der Waals surface area (Å²) in [6.45, 7) is 3.86. The maximum atomic E-state index is 12.8. The Labute approximate surface area is 157 Å². The Balaban J connectivity index is 1.90. The van der Waals surface area contributed by atoms with Gasteiger partial charge in [0.15, 0.2) is 11.5 Å². The van der Waals surface area contributed by atoms with Crippen molar-refractivity contribution in [2.75, 3.05) is 7.11 Å². The van der Waals surface area contributed by atoms with Crippen molar-refractivity contribution in [3.05, 3.63) is 71.0 Å². The number of hydrogen-bond acceptors (Lipinski definition) is 6. The van der Waals surface area contributed by atoms with Crippen molar-refractivity contribution in [3.63, 3.8) is 0 Å². The van der Waals surface area contributed by atoms with Crippen LogP contribution in [0.1, 0.15) is 22.5 Å². The molecule has 0 aliphatic rings. The van der Waals surface area contributed by atoms with Gasteiger partial charge in [0.05, 0.1) is 7.11 Å². The Kier molecular flexibility index (Phi) is 5.61. The molecule has 0 bridgehead atoms. The summed E-state index contributed by atoms with van der Waals surface area (Å²) in [6, 6.07) is 15.1. The fraction of sp³-hybridized carbons (Fsp3) is 0.200. The summed E-state index contributed by atoms with van der Waals surface area (Å²) in [4.78, 5) is 12.8. The molecular formula is C20H20N4O3. The Hall–Kier alpha value is -3.48. The van der Waals surface area contributed by atoms with Gasteiger partial charge in [-0.2, -0.15) is 4.68 Å². The molecule has 0 aliphatic carbocycles. The number of carbonyl (C=O) groups is 1. The van der Waals surface area contributed by atoms with E-state index in [1.54, 1.807) is 20.1 Å². The molecule has 0 radical (unpaired) electrons. The number of ether oxygens (including phenoxy) is 2. The minimum Gasteiger partial charge on any atom is -0.497 e. The second-order valence-corrected chi connectivity index (χ2v) is 5.95. The lowest BCUT2D eigenvalue weighted by molar-refractivity contribution is -0.138. The zero-order valence-corrected chi connectivity index (χ0v) is 15.4. The minimum absolute atomic E-state index is 0.169. The van der Waals surface area contributed by atoms with E-state index < -0.39 is 5.97 Å². The average Bonchev–Trinajstić information content (AvgIpc) is 3.11. The number of esters is 1. The summed E-state index contributed by atoms with van der Waals surface area (Å²) in [5.41, 5.74) is 2.99. The van der Waals surface area contributed by atoms with Crippen LogP contribution in [0.15, 0.2) is 48.5 Å². The van der Waals surface area contributed by atoms with Gasteiger partial charge >= 0.3 is 5.97 Å². The topological polar surface area (TPSA) is 79.1 Å². The van der Waals surface area contributed by atoms with Crippen LogP contribution in [-0.2, 0) is 16.1 Å². The largest absolute Gasteiger partial charge is 0.497 e. The molecule has 27 heavy (non-hydrogen) atoms. The second-order valence-electron chi connectivity index (χ2n) is 5.95. The fourth-order valence-corrected chi connectivity index (χ4v) is 2.54. The van der Waals surface area contributed by atoms with Crippen LogP contribution in [0.5, 0.6) is 5.75 Å². The first-order valence-corrected chi connectivity index (χ1v) is 8.41. The lowest BCUT2D eigenvalue weighted by Crippen LogP contribution is -2.15. The highest BCUT2D eigenvalue weighted by atomic mass is 16.5. The van der Waals surface area contributed by atoms with Crippen molar-refractivity contribution in [3.8, 4) is 5.75 Å². The van der Waals surface area contributed by atoms with E-state index >= 15 is 0 Å². The number of tetrazole rings is 1. The molecule has 3 rings (SSSR count). The van der Waals surface area contributed by atoms with Crippen LogP contribution in [0.4, 0.5) is 0 Å². The van der Waals surface area contributed by atoms with Gasteiger partial charge in [-0.05, 0) is 59.2 Å². The van der Waals surface area contributed by atoms with Crippen molar-refractivity contribution < 1.29 is 14.3 Å². The second kappa shape index (κ2) is 8.27. The highest BCUT2D eigenvalue weighted by Crippen LogP contribution is 2.19. The third-order valence-electron chi connectivity index (χ3n) is 4.08. The van der Waals surface area contributed by atoms with Gasteiger partial charge in [0.2, 0.25) is 0 Å². The van der Waals surface area contributed by atoms with Gasteiger partial charge in [0.25, 0.3) is 0 Å². The summed E-state index contributed by atoms with van der Waals surface area (Å²) in [7, 11) is 1.59. The van der Waals surface area contributed by atoms with Crippen molar-refractivity contribution in [1.82, 2.24) is 20.2 Å². The van der Waals surface area contributed by atoms with Crippen LogP contribution >= 0.6 is 0 Å². The van der Waals surface area contributed by atoms with Crippen LogP contribution < -0.4 is 4.74 Å². The number of carbonyl (C=O) groups excluding carboxylic acids is 1. The zero-order chi connectivity index (χ0) is 19.2. The molecule has 7 nitrogen and oxygen atoms in total. The summed E-state index contributed by atoms with van der Waals surface area (Å²) in [5, 5.41) is 11.4. The highest BCUT2D eigenvalue weighted by molar-refractivity contribution is 6.15. The lowest BCUT2D eigenvalue weighted by Gasteiger charge is -2.10. The summed E-state index contributed by atoms with van der Waals surface area (Å²) < 4.78 is 12.1. The molecule has 0 spiro atoms. The maximum absolute atomic E-state index is 12.8. The molecule has 1 heterocycles. The van der Waals surface area contributed by atoms with E-state index in [1.807, 2.05) is 55.5 Å². The van der Waals surface area contributed by atoms with Crippen molar-refractivity contribution >= 4 is 17.7 Å². The Morgan fingerprint density at radius 2 is 1.96 bits per heavy atom. The highest BCUT2D eigenvalue weighted by Gasteiger charge is 2.18. The van der Waals surface area contributed by atoms with Crippen molar-refractivity contribution in [2.45, 2.75) is 20.5 Å². The van der Waals surface area contributed by atoms with E-state index in [2.05, 4.69) is 15.5 Å². The molecule has 1 aromatic heterocycles. The smallest absolute Gasteiger partial charge is 0.357 e. The average molecular weight is 364 g/mol. The van der Waals surface area contributed by atoms with Crippen LogP contribution in [-0.4, -0.2) is 33.3 Å². The Morgan fingerprint density at radius 3 is 2.67 bits per heavy atom. The van der Waals surface area contributed by atoms with Crippen molar-refractivity contribution in [1.29, 1.82) is 0 Å². The molecule has 0 aliphatic heterocycles. The molecule has 0 unspecified atom stereocenters. The number of aromatic nitrogens is 4. The molecule has 138 valence electrons. The molecule has 0 fully saturated rings. The molecule has 0 N–H and O–H groups in total. The standard InChI is InChI=1S/C20H20N4O3/c1-14-7-4-5-9-17(14)13-27-20(25)19(24-15(2)21-22-23-24)12-16-8-6-10-18(11-16)26-3/h4-12H,13H2,1-3H3/b19-12+. The summed E-state index contributed by atoms with van der Waals surface area (Å²) >= 11 is 0.